The van der Waals surface area contributed by atoms with Crippen molar-refractivity contribution in [2.45, 2.75) is 19.8 Å². The van der Waals surface area contributed by atoms with E-state index in [1.165, 1.54) is 6.92 Å². The lowest BCUT2D eigenvalue weighted by molar-refractivity contribution is -0.125. The maximum Gasteiger partial charge on any atom is 0.228 e. The lowest BCUT2D eigenvalue weighted by atomic mass is 10.1. The number of amides is 2. The molecule has 1 fully saturated rings. The minimum Gasteiger partial charge on any atom is -0.356 e. The summed E-state index contributed by atoms with van der Waals surface area (Å²) in [6.45, 7) is 2.00. The van der Waals surface area contributed by atoms with Gasteiger partial charge in [-0.1, -0.05) is 23.7 Å². The first-order valence-corrected chi connectivity index (χ1v) is 9.26. The van der Waals surface area contributed by atoms with Crippen molar-refractivity contribution < 1.29 is 14.4 Å². The molecular weight excluding hydrogens is 364 g/mol. The SMILES string of the molecule is CC(=O)c1ccc(NC(=O)C2CC2C(=O)NCCc2cccc(Cl)c2)cc1. The number of hydrogen-bond acceptors (Lipinski definition) is 3. The molecule has 2 atom stereocenters. The highest BCUT2D eigenvalue weighted by Gasteiger charge is 2.47. The molecule has 0 heterocycles. The summed E-state index contributed by atoms with van der Waals surface area (Å²) in [5.41, 5.74) is 2.27. The number of carbonyl (C=O) groups is 3. The third kappa shape index (κ3) is 5.17. The van der Waals surface area contributed by atoms with Gasteiger partial charge in [0.25, 0.3) is 0 Å². The average molecular weight is 385 g/mol. The standard InChI is InChI=1S/C21H21ClN2O3/c1-13(25)15-5-7-17(8-6-15)24-21(27)19-12-18(19)20(26)23-10-9-14-3-2-4-16(22)11-14/h2-8,11,18-19H,9-10,12H2,1H3,(H,23,26)(H,24,27). The summed E-state index contributed by atoms with van der Waals surface area (Å²) in [6.07, 6.45) is 1.25. The number of Topliss-reactive ketones (excluding diaryl/α,β-unsaturated/α-hetero) is 1. The van der Waals surface area contributed by atoms with E-state index >= 15 is 0 Å². The molecule has 0 bridgehead atoms. The molecule has 5 nitrogen and oxygen atoms in total. The number of hydrogen-bond donors (Lipinski definition) is 2. The first kappa shape index (κ1) is 19.1. The van der Waals surface area contributed by atoms with Crippen molar-refractivity contribution in [2.24, 2.45) is 11.8 Å². The monoisotopic (exact) mass is 384 g/mol. The van der Waals surface area contributed by atoms with Gasteiger partial charge in [0.05, 0.1) is 11.8 Å². The van der Waals surface area contributed by atoms with Crippen LogP contribution in [0.5, 0.6) is 0 Å². The van der Waals surface area contributed by atoms with Crippen LogP contribution < -0.4 is 10.6 Å². The van der Waals surface area contributed by atoms with Gasteiger partial charge in [-0.2, -0.15) is 0 Å². The van der Waals surface area contributed by atoms with Crippen molar-refractivity contribution in [3.8, 4) is 0 Å². The number of ketones is 1. The fourth-order valence-electron chi connectivity index (χ4n) is 2.95. The van der Waals surface area contributed by atoms with Gasteiger partial charge < -0.3 is 10.6 Å². The zero-order valence-electron chi connectivity index (χ0n) is 15.0. The van der Waals surface area contributed by atoms with Crippen molar-refractivity contribution in [3.63, 3.8) is 0 Å². The van der Waals surface area contributed by atoms with Crippen LogP contribution >= 0.6 is 11.6 Å². The zero-order chi connectivity index (χ0) is 19.4. The van der Waals surface area contributed by atoms with Crippen LogP contribution in [0.1, 0.15) is 29.3 Å². The van der Waals surface area contributed by atoms with Gasteiger partial charge >= 0.3 is 0 Å². The summed E-state index contributed by atoms with van der Waals surface area (Å²) >= 11 is 5.94. The smallest absolute Gasteiger partial charge is 0.228 e. The van der Waals surface area contributed by atoms with Gasteiger partial charge in [-0.15, -0.1) is 0 Å². The molecular formula is C21H21ClN2O3. The molecule has 2 N–H and O–H groups in total. The van der Waals surface area contributed by atoms with Gasteiger partial charge in [0.15, 0.2) is 5.78 Å². The number of carbonyl (C=O) groups excluding carboxylic acids is 3. The third-order valence-corrected chi connectivity index (χ3v) is 4.86. The molecule has 1 aliphatic carbocycles. The molecule has 0 spiro atoms. The first-order valence-electron chi connectivity index (χ1n) is 8.88. The Morgan fingerprint density at radius 2 is 1.74 bits per heavy atom. The predicted molar refractivity (Wildman–Crippen MR) is 105 cm³/mol. The molecule has 0 aromatic heterocycles. The second-order valence-corrected chi connectivity index (χ2v) is 7.18. The first-order chi connectivity index (χ1) is 12.9. The predicted octanol–water partition coefficient (Wildman–Crippen LogP) is 3.48. The van der Waals surface area contributed by atoms with E-state index in [0.717, 1.165) is 5.56 Å². The van der Waals surface area contributed by atoms with Gasteiger partial charge in [-0.3, -0.25) is 14.4 Å². The summed E-state index contributed by atoms with van der Waals surface area (Å²) in [5, 5.41) is 6.35. The topological polar surface area (TPSA) is 75.3 Å². The molecule has 1 aliphatic rings. The maximum atomic E-state index is 12.3. The van der Waals surface area contributed by atoms with Crippen LogP contribution in [0.25, 0.3) is 0 Å². The fraction of sp³-hybridized carbons (Fsp3) is 0.286. The number of nitrogens with one attached hydrogen (secondary N) is 2. The van der Waals surface area contributed by atoms with Crippen molar-refractivity contribution >= 4 is 34.9 Å². The van der Waals surface area contributed by atoms with Crippen LogP contribution in [-0.2, 0) is 16.0 Å². The lowest BCUT2D eigenvalue weighted by Crippen LogP contribution is -2.29. The van der Waals surface area contributed by atoms with E-state index in [1.54, 1.807) is 24.3 Å². The summed E-state index contributed by atoms with van der Waals surface area (Å²) in [6, 6.07) is 14.2. The summed E-state index contributed by atoms with van der Waals surface area (Å²) < 4.78 is 0. The second kappa shape index (κ2) is 8.35. The molecule has 2 aromatic carbocycles. The highest BCUT2D eigenvalue weighted by atomic mass is 35.5. The van der Waals surface area contributed by atoms with Crippen LogP contribution in [0.2, 0.25) is 5.02 Å². The molecule has 1 saturated carbocycles. The highest BCUT2D eigenvalue weighted by Crippen LogP contribution is 2.39. The van der Waals surface area contributed by atoms with Crippen molar-refractivity contribution in [2.75, 3.05) is 11.9 Å². The highest BCUT2D eigenvalue weighted by molar-refractivity contribution is 6.30. The van der Waals surface area contributed by atoms with Gasteiger partial charge in [-0.05, 0) is 61.7 Å². The Morgan fingerprint density at radius 3 is 2.41 bits per heavy atom. The van der Waals surface area contributed by atoms with Crippen molar-refractivity contribution in [1.82, 2.24) is 5.32 Å². The maximum absolute atomic E-state index is 12.3. The number of benzene rings is 2. The van der Waals surface area contributed by atoms with Gasteiger partial charge in [0.2, 0.25) is 11.8 Å². The number of halogens is 1. The van der Waals surface area contributed by atoms with Crippen LogP contribution in [0, 0.1) is 11.8 Å². The zero-order valence-corrected chi connectivity index (χ0v) is 15.8. The van der Waals surface area contributed by atoms with Crippen LogP contribution in [0.4, 0.5) is 5.69 Å². The molecule has 6 heteroatoms. The summed E-state index contributed by atoms with van der Waals surface area (Å²) in [5.74, 6) is -0.862. The minimum atomic E-state index is -0.302. The lowest BCUT2D eigenvalue weighted by Gasteiger charge is -2.07. The number of anilines is 1. The van der Waals surface area contributed by atoms with E-state index in [0.29, 0.717) is 35.7 Å². The average Bonchev–Trinajstić information content (AvgIpc) is 3.43. The molecule has 0 radical (unpaired) electrons. The molecule has 0 saturated heterocycles. The Balaban J connectivity index is 1.43. The van der Waals surface area contributed by atoms with Crippen molar-refractivity contribution in [1.29, 1.82) is 0 Å². The van der Waals surface area contributed by atoms with Crippen LogP contribution in [0.15, 0.2) is 48.5 Å². The number of rotatable bonds is 7. The van der Waals surface area contributed by atoms with Gasteiger partial charge in [0.1, 0.15) is 0 Å². The molecule has 3 rings (SSSR count). The van der Waals surface area contributed by atoms with E-state index < -0.39 is 0 Å². The Kier molecular flexibility index (Phi) is 5.91. The molecule has 2 amide bonds. The Hall–Kier alpha value is -2.66. The minimum absolute atomic E-state index is 0.0235. The Bertz CT molecular complexity index is 864. The molecule has 2 aromatic rings. The summed E-state index contributed by atoms with van der Waals surface area (Å²) in [7, 11) is 0. The second-order valence-electron chi connectivity index (χ2n) is 6.74. The van der Waals surface area contributed by atoms with Crippen molar-refractivity contribution in [3.05, 3.63) is 64.7 Å². The van der Waals surface area contributed by atoms with E-state index in [9.17, 15) is 14.4 Å². The molecule has 140 valence electrons. The van der Waals surface area contributed by atoms with E-state index in [2.05, 4.69) is 10.6 Å². The van der Waals surface area contributed by atoms with E-state index in [1.807, 2.05) is 24.3 Å². The van der Waals surface area contributed by atoms with Gasteiger partial charge in [-0.25, -0.2) is 0 Å². The van der Waals surface area contributed by atoms with Gasteiger partial charge in [0, 0.05) is 22.8 Å². The normalized spacial score (nSPS) is 17.9. The Labute approximate surface area is 163 Å². The molecule has 27 heavy (non-hydrogen) atoms. The summed E-state index contributed by atoms with van der Waals surface area (Å²) in [4.78, 5) is 35.7. The molecule has 2 unspecified atom stereocenters. The third-order valence-electron chi connectivity index (χ3n) is 4.62. The fourth-order valence-corrected chi connectivity index (χ4v) is 3.16. The van der Waals surface area contributed by atoms with Crippen LogP contribution in [-0.4, -0.2) is 24.1 Å². The van der Waals surface area contributed by atoms with E-state index in [-0.39, 0.29) is 29.4 Å². The Morgan fingerprint density at radius 1 is 1.04 bits per heavy atom. The largest absolute Gasteiger partial charge is 0.356 e. The molecule has 0 aliphatic heterocycles. The van der Waals surface area contributed by atoms with Crippen LogP contribution in [0.3, 0.4) is 0 Å². The quantitative estimate of drug-likeness (QED) is 0.717. The van der Waals surface area contributed by atoms with E-state index in [4.69, 9.17) is 11.6 Å².